The first-order chi connectivity index (χ1) is 8.72. The first-order valence-corrected chi connectivity index (χ1v) is 7.27. The molecular weight excluding hydrogens is 248 g/mol. The van der Waals surface area contributed by atoms with Crippen LogP contribution in [0.4, 0.5) is 5.95 Å². The number of fused-ring (bicyclic) bond motifs is 1. The minimum absolute atomic E-state index is 0.225. The van der Waals surface area contributed by atoms with E-state index in [9.17, 15) is 0 Å². The normalized spacial score (nSPS) is 31.9. The van der Waals surface area contributed by atoms with Crippen LogP contribution in [0.15, 0.2) is 0 Å². The molecule has 0 aliphatic heterocycles. The molecule has 1 aromatic heterocycles. The number of nitrogens with zero attached hydrogens (tertiary/aromatic N) is 3. The van der Waals surface area contributed by atoms with Crippen molar-refractivity contribution in [1.29, 1.82) is 0 Å². The molecule has 0 bridgehead atoms. The molecule has 2 aliphatic carbocycles. The molecule has 3 atom stereocenters. The fourth-order valence-electron chi connectivity index (χ4n) is 3.67. The third kappa shape index (κ3) is 2.44. The maximum atomic E-state index is 5.86. The van der Waals surface area contributed by atoms with Crippen LogP contribution in [0.2, 0.25) is 5.28 Å². The van der Waals surface area contributed by atoms with Crippen molar-refractivity contribution in [3.05, 3.63) is 11.1 Å². The van der Waals surface area contributed by atoms with E-state index in [4.69, 9.17) is 17.3 Å². The third-order valence-electron chi connectivity index (χ3n) is 4.55. The highest BCUT2D eigenvalue weighted by Crippen LogP contribution is 2.45. The molecule has 2 N–H and O–H groups in total. The molecule has 98 valence electrons. The van der Waals surface area contributed by atoms with Crippen LogP contribution in [-0.4, -0.2) is 15.0 Å². The molecule has 0 aromatic carbocycles. The Labute approximate surface area is 112 Å². The van der Waals surface area contributed by atoms with Gasteiger partial charge in [-0.3, -0.25) is 0 Å². The molecule has 0 radical (unpaired) electrons. The average Bonchev–Trinajstić information content (AvgIpc) is 2.37. The minimum Gasteiger partial charge on any atom is -0.368 e. The summed E-state index contributed by atoms with van der Waals surface area (Å²) < 4.78 is 0. The van der Waals surface area contributed by atoms with Crippen LogP contribution in [0, 0.1) is 11.8 Å². The Morgan fingerprint density at radius 3 is 2.50 bits per heavy atom. The number of nitrogens with two attached hydrogens (primary N) is 1. The summed E-state index contributed by atoms with van der Waals surface area (Å²) in [4.78, 5) is 12.4. The lowest BCUT2D eigenvalue weighted by atomic mass is 9.67. The molecule has 0 spiro atoms. The Bertz CT molecular complexity index is 417. The number of anilines is 1. The molecule has 2 saturated carbocycles. The average molecular weight is 267 g/mol. The van der Waals surface area contributed by atoms with Crippen molar-refractivity contribution in [2.75, 3.05) is 5.73 Å². The van der Waals surface area contributed by atoms with Gasteiger partial charge in [0.2, 0.25) is 11.2 Å². The van der Waals surface area contributed by atoms with E-state index in [1.54, 1.807) is 0 Å². The number of nitrogen functional groups attached to an aromatic ring is 1. The number of halogens is 1. The first-order valence-electron chi connectivity index (χ1n) is 6.89. The molecular formula is C13H19ClN4. The van der Waals surface area contributed by atoms with Gasteiger partial charge < -0.3 is 5.73 Å². The number of hydrogen-bond acceptors (Lipinski definition) is 4. The summed E-state index contributed by atoms with van der Waals surface area (Å²) in [5.41, 5.74) is 5.65. The fourth-order valence-corrected chi connectivity index (χ4v) is 3.85. The van der Waals surface area contributed by atoms with Crippen molar-refractivity contribution >= 4 is 17.5 Å². The molecule has 5 heteroatoms. The van der Waals surface area contributed by atoms with Gasteiger partial charge in [0.05, 0.1) is 0 Å². The minimum atomic E-state index is 0.225. The SMILES string of the molecule is Nc1nc(Cl)nc(C2CCC3CCCCC3C2)n1. The van der Waals surface area contributed by atoms with Gasteiger partial charge in [0, 0.05) is 5.92 Å². The molecule has 18 heavy (non-hydrogen) atoms. The van der Waals surface area contributed by atoms with Gasteiger partial charge in [0.25, 0.3) is 0 Å². The lowest BCUT2D eigenvalue weighted by Gasteiger charge is -2.38. The summed E-state index contributed by atoms with van der Waals surface area (Å²) in [5, 5.41) is 0.225. The quantitative estimate of drug-likeness (QED) is 0.848. The zero-order valence-corrected chi connectivity index (χ0v) is 11.2. The molecule has 0 saturated heterocycles. The maximum absolute atomic E-state index is 5.86. The largest absolute Gasteiger partial charge is 0.368 e. The van der Waals surface area contributed by atoms with Crippen LogP contribution in [0.25, 0.3) is 0 Å². The first kappa shape index (κ1) is 12.2. The van der Waals surface area contributed by atoms with Crippen LogP contribution < -0.4 is 5.73 Å². The van der Waals surface area contributed by atoms with E-state index in [-0.39, 0.29) is 11.2 Å². The molecule has 1 aromatic rings. The van der Waals surface area contributed by atoms with Gasteiger partial charge in [-0.15, -0.1) is 0 Å². The van der Waals surface area contributed by atoms with Crippen LogP contribution in [0.3, 0.4) is 0 Å². The number of rotatable bonds is 1. The van der Waals surface area contributed by atoms with Crippen molar-refractivity contribution < 1.29 is 0 Å². The monoisotopic (exact) mass is 266 g/mol. The maximum Gasteiger partial charge on any atom is 0.227 e. The second-order valence-corrected chi connectivity index (χ2v) is 5.97. The van der Waals surface area contributed by atoms with Gasteiger partial charge in [0.15, 0.2) is 0 Å². The summed E-state index contributed by atoms with van der Waals surface area (Å²) in [7, 11) is 0. The van der Waals surface area contributed by atoms with E-state index < -0.39 is 0 Å². The smallest absolute Gasteiger partial charge is 0.227 e. The third-order valence-corrected chi connectivity index (χ3v) is 4.72. The number of hydrogen-bond donors (Lipinski definition) is 1. The topological polar surface area (TPSA) is 64.7 Å². The molecule has 2 aliphatic rings. The fraction of sp³-hybridized carbons (Fsp3) is 0.769. The van der Waals surface area contributed by atoms with Crippen LogP contribution >= 0.6 is 11.6 Å². The van der Waals surface area contributed by atoms with E-state index in [1.165, 1.54) is 44.9 Å². The van der Waals surface area contributed by atoms with E-state index >= 15 is 0 Å². The summed E-state index contributed by atoms with van der Waals surface area (Å²) in [5.74, 6) is 3.26. The zero-order valence-electron chi connectivity index (χ0n) is 10.5. The van der Waals surface area contributed by atoms with E-state index in [2.05, 4.69) is 15.0 Å². The standard InChI is InChI=1S/C13H19ClN4/c14-12-16-11(17-13(15)18-12)10-6-5-8-3-1-2-4-9(8)7-10/h8-10H,1-7H2,(H2,15,16,17,18). The van der Waals surface area contributed by atoms with Crippen LogP contribution in [-0.2, 0) is 0 Å². The highest BCUT2D eigenvalue weighted by atomic mass is 35.5. The lowest BCUT2D eigenvalue weighted by Crippen LogP contribution is -2.27. The van der Waals surface area contributed by atoms with Gasteiger partial charge in [-0.05, 0) is 42.7 Å². The Morgan fingerprint density at radius 1 is 0.944 bits per heavy atom. The summed E-state index contributed by atoms with van der Waals surface area (Å²) >= 11 is 5.86. The highest BCUT2D eigenvalue weighted by Gasteiger charge is 2.34. The molecule has 3 rings (SSSR count). The van der Waals surface area contributed by atoms with Crippen LogP contribution in [0.5, 0.6) is 0 Å². The highest BCUT2D eigenvalue weighted by molar-refractivity contribution is 6.28. The van der Waals surface area contributed by atoms with Crippen molar-refractivity contribution in [2.45, 2.75) is 50.9 Å². The zero-order chi connectivity index (χ0) is 12.5. The van der Waals surface area contributed by atoms with E-state index in [1.807, 2.05) is 0 Å². The Balaban J connectivity index is 1.76. The van der Waals surface area contributed by atoms with Crippen LogP contribution in [0.1, 0.15) is 56.7 Å². The van der Waals surface area contributed by atoms with Gasteiger partial charge in [-0.1, -0.05) is 25.7 Å². The molecule has 2 fully saturated rings. The Hall–Kier alpha value is -0.900. The second kappa shape index (κ2) is 5.00. The molecule has 4 nitrogen and oxygen atoms in total. The van der Waals surface area contributed by atoms with Crippen molar-refractivity contribution in [2.24, 2.45) is 11.8 Å². The van der Waals surface area contributed by atoms with Gasteiger partial charge in [-0.25, -0.2) is 4.98 Å². The lowest BCUT2D eigenvalue weighted by molar-refractivity contribution is 0.153. The van der Waals surface area contributed by atoms with Crippen molar-refractivity contribution in [1.82, 2.24) is 15.0 Å². The summed E-state index contributed by atoms with van der Waals surface area (Å²) in [6.45, 7) is 0. The Kier molecular flexibility index (Phi) is 3.37. The molecule has 3 unspecified atom stereocenters. The second-order valence-electron chi connectivity index (χ2n) is 5.64. The molecule has 0 amide bonds. The van der Waals surface area contributed by atoms with Gasteiger partial charge in [-0.2, -0.15) is 9.97 Å². The van der Waals surface area contributed by atoms with E-state index in [0.29, 0.717) is 5.92 Å². The van der Waals surface area contributed by atoms with Crippen molar-refractivity contribution in [3.63, 3.8) is 0 Å². The number of aromatic nitrogens is 3. The predicted molar refractivity (Wildman–Crippen MR) is 71.3 cm³/mol. The molecule has 1 heterocycles. The van der Waals surface area contributed by atoms with Gasteiger partial charge in [0.1, 0.15) is 5.82 Å². The Morgan fingerprint density at radius 2 is 1.72 bits per heavy atom. The van der Waals surface area contributed by atoms with E-state index in [0.717, 1.165) is 17.7 Å². The predicted octanol–water partition coefficient (Wildman–Crippen LogP) is 3.18. The summed E-state index contributed by atoms with van der Waals surface area (Å²) in [6.07, 6.45) is 9.25. The summed E-state index contributed by atoms with van der Waals surface area (Å²) in [6, 6.07) is 0. The van der Waals surface area contributed by atoms with Gasteiger partial charge >= 0.3 is 0 Å². The van der Waals surface area contributed by atoms with Crippen molar-refractivity contribution in [3.8, 4) is 0 Å².